The number of esters is 1. The molecule has 0 amide bonds. The average Bonchev–Trinajstić information content (AvgIpc) is 2.81. The molecule has 0 spiro atoms. The summed E-state index contributed by atoms with van der Waals surface area (Å²) in [4.78, 5) is 16.6. The Morgan fingerprint density at radius 3 is 2.62 bits per heavy atom. The van der Waals surface area contributed by atoms with Crippen molar-refractivity contribution in [3.8, 4) is 5.75 Å². The van der Waals surface area contributed by atoms with Gasteiger partial charge in [-0.05, 0) is 44.8 Å². The summed E-state index contributed by atoms with van der Waals surface area (Å²) in [5.41, 5.74) is 1.12. The molecule has 2 rings (SSSR count). The van der Waals surface area contributed by atoms with Crippen molar-refractivity contribution in [2.24, 2.45) is 0 Å². The minimum Gasteiger partial charge on any atom is -0.495 e. The van der Waals surface area contributed by atoms with E-state index in [2.05, 4.69) is 42.2 Å². The van der Waals surface area contributed by atoms with Gasteiger partial charge in [-0.1, -0.05) is 0 Å². The molecule has 0 fully saturated rings. The van der Waals surface area contributed by atoms with Crippen LogP contribution < -0.4 is 10.1 Å². The molecule has 0 aliphatic rings. The summed E-state index contributed by atoms with van der Waals surface area (Å²) in [6.07, 6.45) is 0. The molecular formula is C13H12Br2N2O3S. The SMILES string of the molecule is COC(=O)c1nc(Nc2cc(OC)c(Br)cc2Br)sc1C. The molecule has 8 heteroatoms. The summed E-state index contributed by atoms with van der Waals surface area (Å²) in [5, 5.41) is 3.78. The van der Waals surface area contributed by atoms with Gasteiger partial charge in [0.2, 0.25) is 0 Å². The molecule has 0 unspecified atom stereocenters. The van der Waals surface area contributed by atoms with Crippen LogP contribution in [0.2, 0.25) is 0 Å². The molecule has 1 aromatic carbocycles. The van der Waals surface area contributed by atoms with Crippen molar-refractivity contribution in [1.29, 1.82) is 0 Å². The smallest absolute Gasteiger partial charge is 0.357 e. The first kappa shape index (κ1) is 16.3. The number of aromatic nitrogens is 1. The first-order chi connectivity index (χ1) is 9.96. The van der Waals surface area contributed by atoms with Gasteiger partial charge in [-0.15, -0.1) is 11.3 Å². The molecule has 0 saturated heterocycles. The van der Waals surface area contributed by atoms with E-state index in [0.29, 0.717) is 16.6 Å². The minimum absolute atomic E-state index is 0.324. The van der Waals surface area contributed by atoms with Crippen molar-refractivity contribution < 1.29 is 14.3 Å². The maximum Gasteiger partial charge on any atom is 0.357 e. The van der Waals surface area contributed by atoms with Gasteiger partial charge in [-0.3, -0.25) is 0 Å². The van der Waals surface area contributed by atoms with Gasteiger partial charge in [0.25, 0.3) is 0 Å². The number of nitrogens with zero attached hydrogens (tertiary/aromatic N) is 1. The highest BCUT2D eigenvalue weighted by Gasteiger charge is 2.17. The lowest BCUT2D eigenvalue weighted by molar-refractivity contribution is 0.0594. The van der Waals surface area contributed by atoms with Gasteiger partial charge < -0.3 is 14.8 Å². The summed E-state index contributed by atoms with van der Waals surface area (Å²) >= 11 is 8.27. The van der Waals surface area contributed by atoms with Crippen molar-refractivity contribution in [1.82, 2.24) is 4.98 Å². The van der Waals surface area contributed by atoms with E-state index in [1.54, 1.807) is 7.11 Å². The Morgan fingerprint density at radius 1 is 1.29 bits per heavy atom. The van der Waals surface area contributed by atoms with Crippen LogP contribution in [-0.4, -0.2) is 25.2 Å². The predicted molar refractivity (Wildman–Crippen MR) is 89.9 cm³/mol. The number of carbonyl (C=O) groups is 1. The van der Waals surface area contributed by atoms with Crippen LogP contribution in [0, 0.1) is 6.92 Å². The standard InChI is InChI=1S/C13H12Br2N2O3S/c1-6-11(12(18)20-3)17-13(21-6)16-9-5-10(19-2)8(15)4-7(9)14/h4-5H,1-3H3,(H,16,17). The lowest BCUT2D eigenvalue weighted by Gasteiger charge is -2.09. The first-order valence-corrected chi connectivity index (χ1v) is 8.22. The van der Waals surface area contributed by atoms with Gasteiger partial charge in [-0.2, -0.15) is 0 Å². The normalized spacial score (nSPS) is 10.3. The molecule has 5 nitrogen and oxygen atoms in total. The van der Waals surface area contributed by atoms with E-state index in [-0.39, 0.29) is 0 Å². The zero-order valence-electron chi connectivity index (χ0n) is 11.5. The number of anilines is 2. The second kappa shape index (κ2) is 6.76. The summed E-state index contributed by atoms with van der Waals surface area (Å²) in [7, 11) is 2.94. The Bertz CT molecular complexity index is 688. The predicted octanol–water partition coefficient (Wildman–Crippen LogP) is 4.52. The molecule has 0 aliphatic heterocycles. The molecule has 2 aromatic rings. The molecule has 1 heterocycles. The van der Waals surface area contributed by atoms with E-state index in [0.717, 1.165) is 19.5 Å². The summed E-state index contributed by atoms with van der Waals surface area (Å²) in [5.74, 6) is 0.256. The maximum absolute atomic E-state index is 11.6. The third-order valence-corrected chi connectivity index (χ3v) is 4.82. The quantitative estimate of drug-likeness (QED) is 0.715. The number of rotatable bonds is 4. The lowest BCUT2D eigenvalue weighted by atomic mass is 10.3. The number of hydrogen-bond donors (Lipinski definition) is 1. The number of carbonyl (C=O) groups excluding carboxylic acids is 1. The Balaban J connectivity index is 2.32. The summed E-state index contributed by atoms with van der Waals surface area (Å²) in [6.45, 7) is 1.83. The molecule has 0 bridgehead atoms. The van der Waals surface area contributed by atoms with Gasteiger partial charge >= 0.3 is 5.97 Å². The third-order valence-electron chi connectivity index (χ3n) is 2.66. The van der Waals surface area contributed by atoms with E-state index in [9.17, 15) is 4.79 Å². The second-order valence-electron chi connectivity index (χ2n) is 4.01. The number of aryl methyl sites for hydroxylation is 1. The molecule has 1 N–H and O–H groups in total. The largest absolute Gasteiger partial charge is 0.495 e. The average molecular weight is 436 g/mol. The summed E-state index contributed by atoms with van der Waals surface area (Å²) < 4.78 is 11.7. The lowest BCUT2D eigenvalue weighted by Crippen LogP contribution is -2.03. The van der Waals surface area contributed by atoms with Gasteiger partial charge in [0.05, 0.1) is 24.4 Å². The van der Waals surface area contributed by atoms with Crippen LogP contribution in [0.4, 0.5) is 10.8 Å². The number of nitrogens with one attached hydrogen (secondary N) is 1. The molecule has 112 valence electrons. The van der Waals surface area contributed by atoms with Gasteiger partial charge in [0, 0.05) is 15.4 Å². The third kappa shape index (κ3) is 3.56. The Morgan fingerprint density at radius 2 is 2.00 bits per heavy atom. The van der Waals surface area contributed by atoms with Crippen LogP contribution in [0.25, 0.3) is 0 Å². The van der Waals surface area contributed by atoms with E-state index < -0.39 is 5.97 Å². The van der Waals surface area contributed by atoms with Gasteiger partial charge in [0.1, 0.15) is 5.75 Å². The minimum atomic E-state index is -0.441. The number of halogens is 2. The molecule has 21 heavy (non-hydrogen) atoms. The molecule has 0 aliphatic carbocycles. The van der Waals surface area contributed by atoms with Crippen LogP contribution in [0.15, 0.2) is 21.1 Å². The van der Waals surface area contributed by atoms with Crippen LogP contribution in [-0.2, 0) is 4.74 Å². The number of thiazole rings is 1. The van der Waals surface area contributed by atoms with E-state index >= 15 is 0 Å². The summed E-state index contributed by atoms with van der Waals surface area (Å²) in [6, 6.07) is 3.71. The zero-order valence-corrected chi connectivity index (χ0v) is 15.5. The molecule has 0 atom stereocenters. The fraction of sp³-hybridized carbons (Fsp3) is 0.231. The number of ether oxygens (including phenoxy) is 2. The van der Waals surface area contributed by atoms with Crippen molar-refractivity contribution in [3.05, 3.63) is 31.6 Å². The number of methoxy groups -OCH3 is 2. The van der Waals surface area contributed by atoms with Crippen LogP contribution in [0.3, 0.4) is 0 Å². The first-order valence-electron chi connectivity index (χ1n) is 5.82. The fourth-order valence-electron chi connectivity index (χ4n) is 1.63. The van der Waals surface area contributed by atoms with Crippen LogP contribution in [0.1, 0.15) is 15.4 Å². The van der Waals surface area contributed by atoms with Gasteiger partial charge in [-0.25, -0.2) is 9.78 Å². The van der Waals surface area contributed by atoms with Crippen molar-refractivity contribution >= 4 is 60.0 Å². The zero-order chi connectivity index (χ0) is 15.6. The highest BCUT2D eigenvalue weighted by molar-refractivity contribution is 9.11. The highest BCUT2D eigenvalue weighted by Crippen LogP contribution is 2.37. The molecular weight excluding hydrogens is 424 g/mol. The number of benzene rings is 1. The maximum atomic E-state index is 11.6. The van der Waals surface area contributed by atoms with E-state index in [1.807, 2.05) is 19.1 Å². The highest BCUT2D eigenvalue weighted by atomic mass is 79.9. The topological polar surface area (TPSA) is 60.5 Å². The molecule has 0 radical (unpaired) electrons. The van der Waals surface area contributed by atoms with E-state index in [1.165, 1.54) is 18.4 Å². The van der Waals surface area contributed by atoms with Crippen molar-refractivity contribution in [3.63, 3.8) is 0 Å². The van der Waals surface area contributed by atoms with Crippen molar-refractivity contribution in [2.45, 2.75) is 6.92 Å². The Hall–Kier alpha value is -1.12. The monoisotopic (exact) mass is 434 g/mol. The van der Waals surface area contributed by atoms with E-state index in [4.69, 9.17) is 9.47 Å². The molecule has 1 aromatic heterocycles. The van der Waals surface area contributed by atoms with Crippen LogP contribution >= 0.6 is 43.2 Å². The fourth-order valence-corrected chi connectivity index (χ4v) is 3.70. The van der Waals surface area contributed by atoms with Crippen LogP contribution in [0.5, 0.6) is 5.75 Å². The Kier molecular flexibility index (Phi) is 5.23. The molecule has 0 saturated carbocycles. The Labute approximate surface area is 142 Å². The van der Waals surface area contributed by atoms with Crippen molar-refractivity contribution in [2.75, 3.05) is 19.5 Å². The number of hydrogen-bond acceptors (Lipinski definition) is 6. The second-order valence-corrected chi connectivity index (χ2v) is 6.92. The van der Waals surface area contributed by atoms with Gasteiger partial charge in [0.15, 0.2) is 10.8 Å².